The van der Waals surface area contributed by atoms with Crippen LogP contribution in [0.2, 0.25) is 10.0 Å². The first-order chi connectivity index (χ1) is 6.07. The Morgan fingerprint density at radius 3 is 2.62 bits per heavy atom. The number of rotatable bonds is 2. The van der Waals surface area contributed by atoms with Crippen LogP contribution in [0.1, 0.15) is 24.9 Å². The fourth-order valence-electron chi connectivity index (χ4n) is 1.07. The van der Waals surface area contributed by atoms with Crippen LogP contribution in [0.5, 0.6) is 5.75 Å². The minimum atomic E-state index is -0.199. The Morgan fingerprint density at radius 2 is 2.08 bits per heavy atom. The van der Waals surface area contributed by atoms with Gasteiger partial charge in [0.2, 0.25) is 0 Å². The summed E-state index contributed by atoms with van der Waals surface area (Å²) in [6.07, 6.45) is 0.742. The van der Waals surface area contributed by atoms with Gasteiger partial charge in [0.05, 0.1) is 5.02 Å². The zero-order chi connectivity index (χ0) is 10.0. The van der Waals surface area contributed by atoms with Gasteiger partial charge in [-0.25, -0.2) is 0 Å². The molecule has 0 fully saturated rings. The smallest absolute Gasteiger partial charge is 0.140 e. The zero-order valence-corrected chi connectivity index (χ0v) is 8.73. The lowest BCUT2D eigenvalue weighted by atomic mass is 10.0. The third kappa shape index (κ3) is 2.08. The summed E-state index contributed by atoms with van der Waals surface area (Å²) in [4.78, 5) is 0. The van der Waals surface area contributed by atoms with Crippen molar-refractivity contribution in [3.63, 3.8) is 0 Å². The van der Waals surface area contributed by atoms with Gasteiger partial charge in [-0.1, -0.05) is 36.2 Å². The number of hydrogen-bond donors (Lipinski definition) is 2. The third-order valence-corrected chi connectivity index (χ3v) is 2.73. The molecule has 0 spiro atoms. The lowest BCUT2D eigenvalue weighted by Gasteiger charge is -2.12. The van der Waals surface area contributed by atoms with Crippen molar-refractivity contribution in [2.75, 3.05) is 0 Å². The van der Waals surface area contributed by atoms with E-state index in [4.69, 9.17) is 28.9 Å². The number of phenols is 1. The van der Waals surface area contributed by atoms with E-state index < -0.39 is 0 Å². The number of nitrogens with two attached hydrogens (primary N) is 1. The first-order valence-electron chi connectivity index (χ1n) is 4.00. The first kappa shape index (κ1) is 10.6. The maximum atomic E-state index is 9.58. The van der Waals surface area contributed by atoms with Crippen molar-refractivity contribution in [1.82, 2.24) is 0 Å². The maximum absolute atomic E-state index is 9.58. The number of phenolic OH excluding ortho intramolecular Hbond substituents is 1. The molecule has 0 aliphatic carbocycles. The average Bonchev–Trinajstić information content (AvgIpc) is 2.13. The van der Waals surface area contributed by atoms with Crippen LogP contribution in [-0.2, 0) is 0 Å². The molecular formula is C9H11Cl2NO. The van der Waals surface area contributed by atoms with E-state index >= 15 is 0 Å². The van der Waals surface area contributed by atoms with Crippen LogP contribution in [0.4, 0.5) is 0 Å². The van der Waals surface area contributed by atoms with Crippen molar-refractivity contribution in [2.24, 2.45) is 5.73 Å². The van der Waals surface area contributed by atoms with E-state index in [2.05, 4.69) is 0 Å². The maximum Gasteiger partial charge on any atom is 0.140 e. The summed E-state index contributed by atoms with van der Waals surface area (Å²) in [6.45, 7) is 1.94. The number of halogens is 2. The van der Waals surface area contributed by atoms with E-state index in [0.717, 1.165) is 6.42 Å². The fourth-order valence-corrected chi connectivity index (χ4v) is 1.40. The molecule has 0 saturated heterocycles. The van der Waals surface area contributed by atoms with Gasteiger partial charge in [0.15, 0.2) is 0 Å². The highest BCUT2D eigenvalue weighted by Gasteiger charge is 2.13. The van der Waals surface area contributed by atoms with Gasteiger partial charge in [0.1, 0.15) is 10.8 Å². The van der Waals surface area contributed by atoms with Crippen LogP contribution in [-0.4, -0.2) is 5.11 Å². The molecule has 0 aliphatic heterocycles. The van der Waals surface area contributed by atoms with Crippen LogP contribution in [0.15, 0.2) is 12.1 Å². The lowest BCUT2D eigenvalue weighted by molar-refractivity contribution is 0.460. The normalized spacial score (nSPS) is 12.9. The van der Waals surface area contributed by atoms with Gasteiger partial charge >= 0.3 is 0 Å². The van der Waals surface area contributed by atoms with Gasteiger partial charge in [-0.2, -0.15) is 0 Å². The van der Waals surface area contributed by atoms with Gasteiger partial charge in [-0.3, -0.25) is 0 Å². The second-order valence-corrected chi connectivity index (χ2v) is 3.60. The minimum absolute atomic E-state index is 0.0106. The van der Waals surface area contributed by atoms with E-state index in [1.165, 1.54) is 0 Å². The Hall–Kier alpha value is -0.440. The molecule has 0 amide bonds. The summed E-state index contributed by atoms with van der Waals surface area (Å²) < 4.78 is 0. The van der Waals surface area contributed by atoms with Crippen molar-refractivity contribution in [3.05, 3.63) is 27.7 Å². The molecule has 0 aliphatic rings. The average molecular weight is 220 g/mol. The summed E-state index contributed by atoms with van der Waals surface area (Å²) in [5, 5.41) is 10.1. The topological polar surface area (TPSA) is 46.2 Å². The summed E-state index contributed by atoms with van der Waals surface area (Å²) in [5.74, 6) is -0.0106. The summed E-state index contributed by atoms with van der Waals surface area (Å²) in [6, 6.07) is 3.13. The molecule has 3 N–H and O–H groups in total. The molecule has 1 atom stereocenters. The van der Waals surface area contributed by atoms with E-state index in [-0.39, 0.29) is 16.8 Å². The monoisotopic (exact) mass is 219 g/mol. The first-order valence-corrected chi connectivity index (χ1v) is 4.76. The van der Waals surface area contributed by atoms with Crippen LogP contribution < -0.4 is 5.73 Å². The van der Waals surface area contributed by atoms with Crippen LogP contribution in [0.3, 0.4) is 0 Å². The Labute approximate surface area is 87.3 Å². The summed E-state index contributed by atoms with van der Waals surface area (Å²) >= 11 is 11.4. The highest BCUT2D eigenvalue weighted by molar-refractivity contribution is 6.43. The highest BCUT2D eigenvalue weighted by atomic mass is 35.5. The SMILES string of the molecule is CC[C@@H](N)c1ccc(Cl)c(Cl)c1O. The molecular weight excluding hydrogens is 209 g/mol. The number of hydrogen-bond acceptors (Lipinski definition) is 2. The van der Waals surface area contributed by atoms with E-state index in [1.807, 2.05) is 6.92 Å². The lowest BCUT2D eigenvalue weighted by Crippen LogP contribution is -2.08. The van der Waals surface area contributed by atoms with Crippen molar-refractivity contribution < 1.29 is 5.11 Å². The van der Waals surface area contributed by atoms with Gasteiger partial charge in [0, 0.05) is 11.6 Å². The predicted octanol–water partition coefficient (Wildman–Crippen LogP) is 3.11. The molecule has 0 bridgehead atoms. The Bertz CT molecular complexity index is 315. The molecule has 0 saturated carbocycles. The van der Waals surface area contributed by atoms with Gasteiger partial charge in [-0.05, 0) is 12.5 Å². The van der Waals surface area contributed by atoms with Gasteiger partial charge in [0.25, 0.3) is 0 Å². The van der Waals surface area contributed by atoms with Gasteiger partial charge < -0.3 is 10.8 Å². The molecule has 0 aromatic heterocycles. The Balaban J connectivity index is 3.18. The molecule has 13 heavy (non-hydrogen) atoms. The summed E-state index contributed by atoms with van der Waals surface area (Å²) in [5.41, 5.74) is 6.39. The van der Waals surface area contributed by atoms with Crippen LogP contribution in [0, 0.1) is 0 Å². The standard InChI is InChI=1S/C9H11Cl2NO/c1-2-7(12)5-3-4-6(10)8(11)9(5)13/h3-4,7,13H,2,12H2,1H3/t7-/m1/s1. The largest absolute Gasteiger partial charge is 0.506 e. The van der Waals surface area contributed by atoms with E-state index in [9.17, 15) is 5.11 Å². The molecule has 1 aromatic carbocycles. The highest BCUT2D eigenvalue weighted by Crippen LogP contribution is 2.36. The second kappa shape index (κ2) is 4.18. The molecule has 1 aromatic rings. The quantitative estimate of drug-likeness (QED) is 0.804. The molecule has 72 valence electrons. The second-order valence-electron chi connectivity index (χ2n) is 2.81. The molecule has 1 rings (SSSR count). The molecule has 0 heterocycles. The van der Waals surface area contributed by atoms with Crippen molar-refractivity contribution in [1.29, 1.82) is 0 Å². The molecule has 0 radical (unpaired) electrons. The van der Waals surface area contributed by atoms with E-state index in [0.29, 0.717) is 10.6 Å². The van der Waals surface area contributed by atoms with E-state index in [1.54, 1.807) is 12.1 Å². The Morgan fingerprint density at radius 1 is 1.46 bits per heavy atom. The van der Waals surface area contributed by atoms with Crippen molar-refractivity contribution in [3.8, 4) is 5.75 Å². The zero-order valence-electron chi connectivity index (χ0n) is 7.22. The fraction of sp³-hybridized carbons (Fsp3) is 0.333. The van der Waals surface area contributed by atoms with Crippen LogP contribution >= 0.6 is 23.2 Å². The van der Waals surface area contributed by atoms with Crippen molar-refractivity contribution >= 4 is 23.2 Å². The molecule has 4 heteroatoms. The van der Waals surface area contributed by atoms with Crippen LogP contribution in [0.25, 0.3) is 0 Å². The predicted molar refractivity (Wildman–Crippen MR) is 55.3 cm³/mol. The molecule has 2 nitrogen and oxygen atoms in total. The Kier molecular flexibility index (Phi) is 3.42. The number of aromatic hydroxyl groups is 1. The number of benzene rings is 1. The minimum Gasteiger partial charge on any atom is -0.506 e. The third-order valence-electron chi connectivity index (χ3n) is 1.94. The van der Waals surface area contributed by atoms with Crippen molar-refractivity contribution in [2.45, 2.75) is 19.4 Å². The summed E-state index contributed by atoms with van der Waals surface area (Å²) in [7, 11) is 0. The van der Waals surface area contributed by atoms with Gasteiger partial charge in [-0.15, -0.1) is 0 Å². The molecule has 0 unspecified atom stereocenters.